The first-order valence-corrected chi connectivity index (χ1v) is 8.48. The number of para-hydroxylation sites is 2. The van der Waals surface area contributed by atoms with Gasteiger partial charge in [0, 0.05) is 13.1 Å². The monoisotopic (exact) mass is 348 g/mol. The second-order valence-electron chi connectivity index (χ2n) is 5.06. The Kier molecular flexibility index (Phi) is 4.75. The summed E-state index contributed by atoms with van der Waals surface area (Å²) in [6, 6.07) is 7.11. The molecule has 126 valence electrons. The number of hydrogen-bond acceptors (Lipinski definition) is 6. The van der Waals surface area contributed by atoms with Gasteiger partial charge < -0.3 is 14.1 Å². The van der Waals surface area contributed by atoms with Crippen molar-refractivity contribution in [2.24, 2.45) is 0 Å². The molecule has 1 fully saturated rings. The van der Waals surface area contributed by atoms with Gasteiger partial charge >= 0.3 is 11.7 Å². The summed E-state index contributed by atoms with van der Waals surface area (Å²) < 4.78 is 11.5. The highest BCUT2D eigenvalue weighted by atomic mass is 32.2. The Hall–Kier alpha value is -2.48. The van der Waals surface area contributed by atoms with Crippen molar-refractivity contribution in [2.75, 3.05) is 18.9 Å². The quantitative estimate of drug-likeness (QED) is 0.603. The Bertz CT molecular complexity index is 867. The van der Waals surface area contributed by atoms with E-state index < -0.39 is 11.7 Å². The maximum atomic E-state index is 12.0. The molecule has 0 radical (unpaired) electrons. The minimum atomic E-state index is -0.481. The molecule has 1 aromatic heterocycles. The number of fused-ring (bicyclic) bond motifs is 1. The number of rotatable bonds is 5. The van der Waals surface area contributed by atoms with Crippen LogP contribution in [0.25, 0.3) is 11.1 Å². The first kappa shape index (κ1) is 16.4. The fraction of sp³-hybridized carbons (Fsp3) is 0.312. The van der Waals surface area contributed by atoms with Crippen LogP contribution in [0.5, 0.6) is 0 Å². The number of aromatic nitrogens is 1. The normalized spacial score (nSPS) is 16.3. The molecule has 2 aromatic rings. The fourth-order valence-electron chi connectivity index (χ4n) is 2.48. The smallest absolute Gasteiger partial charge is 0.420 e. The zero-order valence-corrected chi connectivity index (χ0v) is 13.9. The average Bonchev–Trinajstić information content (AvgIpc) is 3.05. The first-order chi connectivity index (χ1) is 11.6. The SMILES string of the molecule is CCOC(=O)/C=C1\SCC(=O)N1CCn1c(=O)oc2ccccc21. The van der Waals surface area contributed by atoms with E-state index in [1.54, 1.807) is 25.1 Å². The van der Waals surface area contributed by atoms with Crippen LogP contribution in [-0.4, -0.2) is 40.2 Å². The zero-order chi connectivity index (χ0) is 17.1. The van der Waals surface area contributed by atoms with Gasteiger partial charge in [0.2, 0.25) is 5.91 Å². The molecule has 1 saturated heterocycles. The van der Waals surface area contributed by atoms with Gasteiger partial charge in [-0.05, 0) is 19.1 Å². The Labute approximate surface area is 141 Å². The Morgan fingerprint density at radius 3 is 2.92 bits per heavy atom. The third-order valence-corrected chi connectivity index (χ3v) is 4.58. The molecule has 24 heavy (non-hydrogen) atoms. The van der Waals surface area contributed by atoms with Crippen LogP contribution in [0.2, 0.25) is 0 Å². The summed E-state index contributed by atoms with van der Waals surface area (Å²) in [5, 5.41) is 0.541. The van der Waals surface area contributed by atoms with E-state index in [1.807, 2.05) is 6.07 Å². The van der Waals surface area contributed by atoms with Crippen LogP contribution in [0.4, 0.5) is 0 Å². The van der Waals surface area contributed by atoms with Crippen LogP contribution in [0.1, 0.15) is 6.92 Å². The van der Waals surface area contributed by atoms with Crippen molar-refractivity contribution in [3.05, 3.63) is 45.9 Å². The molecule has 0 unspecified atom stereocenters. The predicted octanol–water partition coefficient (Wildman–Crippen LogP) is 1.57. The van der Waals surface area contributed by atoms with Crippen molar-refractivity contribution in [1.29, 1.82) is 0 Å². The molecule has 1 aliphatic rings. The third kappa shape index (κ3) is 3.23. The summed E-state index contributed by atoms with van der Waals surface area (Å²) in [4.78, 5) is 37.1. The third-order valence-electron chi connectivity index (χ3n) is 3.56. The lowest BCUT2D eigenvalue weighted by Gasteiger charge is -2.16. The fourth-order valence-corrected chi connectivity index (χ4v) is 3.44. The van der Waals surface area contributed by atoms with Crippen molar-refractivity contribution in [1.82, 2.24) is 9.47 Å². The van der Waals surface area contributed by atoms with Crippen molar-refractivity contribution in [3.63, 3.8) is 0 Å². The summed E-state index contributed by atoms with van der Waals surface area (Å²) in [6.07, 6.45) is 1.31. The van der Waals surface area contributed by atoms with Crippen molar-refractivity contribution >= 4 is 34.7 Å². The average molecular weight is 348 g/mol. The lowest BCUT2D eigenvalue weighted by Crippen LogP contribution is -2.30. The number of hydrogen-bond donors (Lipinski definition) is 0. The molecule has 1 aromatic carbocycles. The van der Waals surface area contributed by atoms with Crippen LogP contribution in [0, 0.1) is 0 Å². The minimum Gasteiger partial charge on any atom is -0.463 e. The Morgan fingerprint density at radius 2 is 2.12 bits per heavy atom. The molecule has 8 heteroatoms. The zero-order valence-electron chi connectivity index (χ0n) is 13.1. The number of thioether (sulfide) groups is 1. The summed E-state index contributed by atoms with van der Waals surface area (Å²) >= 11 is 1.28. The highest BCUT2D eigenvalue weighted by molar-refractivity contribution is 8.04. The molecule has 3 rings (SSSR count). The topological polar surface area (TPSA) is 81.8 Å². The molecule has 0 atom stereocenters. The highest BCUT2D eigenvalue weighted by Crippen LogP contribution is 2.28. The number of ether oxygens (including phenoxy) is 1. The van der Waals surface area contributed by atoms with Gasteiger partial charge in [-0.15, -0.1) is 0 Å². The van der Waals surface area contributed by atoms with Gasteiger partial charge in [0.1, 0.15) is 0 Å². The molecule has 1 amide bonds. The number of benzene rings is 1. The number of nitrogens with zero attached hydrogens (tertiary/aromatic N) is 2. The largest absolute Gasteiger partial charge is 0.463 e. The van der Waals surface area contributed by atoms with Crippen LogP contribution >= 0.6 is 11.8 Å². The molecule has 0 saturated carbocycles. The summed E-state index contributed by atoms with van der Waals surface area (Å²) in [7, 11) is 0. The summed E-state index contributed by atoms with van der Waals surface area (Å²) in [5.74, 6) is -0.778. The maximum absolute atomic E-state index is 12.0. The predicted molar refractivity (Wildman–Crippen MR) is 89.4 cm³/mol. The van der Waals surface area contributed by atoms with E-state index in [0.717, 1.165) is 0 Å². The van der Waals surface area contributed by atoms with Crippen LogP contribution in [0.3, 0.4) is 0 Å². The maximum Gasteiger partial charge on any atom is 0.420 e. The second kappa shape index (κ2) is 6.96. The van der Waals surface area contributed by atoms with E-state index in [2.05, 4.69) is 0 Å². The van der Waals surface area contributed by atoms with Crippen LogP contribution < -0.4 is 5.76 Å². The molecule has 1 aliphatic heterocycles. The van der Waals surface area contributed by atoms with Gasteiger partial charge in [-0.2, -0.15) is 0 Å². The molecular weight excluding hydrogens is 332 g/mol. The van der Waals surface area contributed by atoms with E-state index in [0.29, 0.717) is 16.1 Å². The van der Waals surface area contributed by atoms with E-state index in [-0.39, 0.29) is 31.4 Å². The van der Waals surface area contributed by atoms with Gasteiger partial charge in [-0.25, -0.2) is 9.59 Å². The lowest BCUT2D eigenvalue weighted by molar-refractivity contribution is -0.137. The number of esters is 1. The number of amides is 1. The van der Waals surface area contributed by atoms with E-state index in [4.69, 9.17) is 9.15 Å². The molecule has 0 spiro atoms. The molecule has 7 nitrogen and oxygen atoms in total. The standard InChI is InChI=1S/C16H16N2O5S/c1-2-22-15(20)9-14-18(13(19)10-24-14)8-7-17-11-5-3-4-6-12(11)23-16(17)21/h3-6,9H,2,7-8,10H2,1H3/b14-9-. The molecule has 0 aliphatic carbocycles. The van der Waals surface area contributed by atoms with Crippen molar-refractivity contribution in [2.45, 2.75) is 13.5 Å². The van der Waals surface area contributed by atoms with Gasteiger partial charge in [0.05, 0.1) is 29.0 Å². The molecule has 0 N–H and O–H groups in total. The molecular formula is C16H16N2O5S. The van der Waals surface area contributed by atoms with Crippen LogP contribution in [0.15, 0.2) is 44.6 Å². The molecule has 2 heterocycles. The van der Waals surface area contributed by atoms with Crippen molar-refractivity contribution in [3.8, 4) is 0 Å². The van der Waals surface area contributed by atoms with Gasteiger partial charge in [-0.1, -0.05) is 23.9 Å². The number of carbonyl (C=O) groups is 2. The van der Waals surface area contributed by atoms with Gasteiger partial charge in [-0.3, -0.25) is 9.36 Å². The first-order valence-electron chi connectivity index (χ1n) is 7.50. The highest BCUT2D eigenvalue weighted by Gasteiger charge is 2.27. The summed E-state index contributed by atoms with van der Waals surface area (Å²) in [5.41, 5.74) is 1.18. The number of oxazole rings is 1. The Balaban J connectivity index is 1.79. The Morgan fingerprint density at radius 1 is 1.33 bits per heavy atom. The van der Waals surface area contributed by atoms with E-state index in [9.17, 15) is 14.4 Å². The second-order valence-corrected chi connectivity index (χ2v) is 6.05. The van der Waals surface area contributed by atoms with E-state index in [1.165, 1.54) is 27.3 Å². The van der Waals surface area contributed by atoms with Gasteiger partial charge in [0.15, 0.2) is 5.58 Å². The van der Waals surface area contributed by atoms with E-state index >= 15 is 0 Å². The van der Waals surface area contributed by atoms with Gasteiger partial charge in [0.25, 0.3) is 0 Å². The number of carbonyl (C=O) groups excluding carboxylic acids is 2. The van der Waals surface area contributed by atoms with Crippen LogP contribution in [-0.2, 0) is 20.9 Å². The molecule has 0 bridgehead atoms. The summed E-state index contributed by atoms with van der Waals surface area (Å²) in [6.45, 7) is 2.55. The minimum absolute atomic E-state index is 0.101. The lowest BCUT2D eigenvalue weighted by atomic mass is 10.3. The van der Waals surface area contributed by atoms with Crippen molar-refractivity contribution < 1.29 is 18.7 Å².